The summed E-state index contributed by atoms with van der Waals surface area (Å²) in [4.78, 5) is 0. The van der Waals surface area contributed by atoms with E-state index in [-0.39, 0.29) is 5.75 Å². The van der Waals surface area contributed by atoms with Crippen molar-refractivity contribution < 1.29 is 13.2 Å². The van der Waals surface area contributed by atoms with Crippen molar-refractivity contribution in [3.63, 3.8) is 0 Å². The Labute approximate surface area is 111 Å². The average Bonchev–Trinajstić information content (AvgIpc) is 2.14. The predicted molar refractivity (Wildman–Crippen MR) is 69.9 cm³/mol. The maximum atomic E-state index is 10.7. The molecule has 0 saturated carbocycles. The highest BCUT2D eigenvalue weighted by atomic mass is 79.9. The lowest BCUT2D eigenvalue weighted by atomic mass is 10.3. The molecule has 7 heteroatoms. The highest BCUT2D eigenvalue weighted by Gasteiger charge is 2.07. The largest absolute Gasteiger partial charge is 0.491 e. The molecule has 0 aliphatic rings. The number of hydrogen-bond donors (Lipinski definition) is 1. The van der Waals surface area contributed by atoms with Gasteiger partial charge >= 0.3 is 0 Å². The Balaban J connectivity index is 2.49. The van der Waals surface area contributed by atoms with Crippen molar-refractivity contribution in [2.75, 3.05) is 12.4 Å². The summed E-state index contributed by atoms with van der Waals surface area (Å²) in [6.07, 6.45) is 0.368. The van der Waals surface area contributed by atoms with E-state index in [9.17, 15) is 8.42 Å². The van der Waals surface area contributed by atoms with Gasteiger partial charge in [-0.3, -0.25) is 0 Å². The Morgan fingerprint density at radius 2 is 1.81 bits per heavy atom. The highest BCUT2D eigenvalue weighted by molar-refractivity contribution is 9.11. The van der Waals surface area contributed by atoms with Gasteiger partial charge in [-0.1, -0.05) is 6.07 Å². The van der Waals surface area contributed by atoms with E-state index in [2.05, 4.69) is 31.9 Å². The van der Waals surface area contributed by atoms with Crippen molar-refractivity contribution in [3.8, 4) is 5.75 Å². The van der Waals surface area contributed by atoms with Crippen LogP contribution in [-0.4, -0.2) is 20.8 Å². The van der Waals surface area contributed by atoms with Gasteiger partial charge < -0.3 is 4.74 Å². The number of sulfonamides is 1. The van der Waals surface area contributed by atoms with Crippen LogP contribution in [0.5, 0.6) is 5.75 Å². The first kappa shape index (κ1) is 14.0. The van der Waals surface area contributed by atoms with Gasteiger partial charge in [0.1, 0.15) is 5.75 Å². The molecular formula is C9H11Br2NO3S. The van der Waals surface area contributed by atoms with Gasteiger partial charge in [-0.15, -0.1) is 0 Å². The van der Waals surface area contributed by atoms with E-state index in [0.29, 0.717) is 18.8 Å². The summed E-state index contributed by atoms with van der Waals surface area (Å²) in [5.41, 5.74) is 0. The molecule has 0 saturated heterocycles. The van der Waals surface area contributed by atoms with Crippen LogP contribution in [0.1, 0.15) is 6.42 Å². The summed E-state index contributed by atoms with van der Waals surface area (Å²) in [5, 5.41) is 4.87. The zero-order valence-electron chi connectivity index (χ0n) is 8.32. The summed E-state index contributed by atoms with van der Waals surface area (Å²) in [6, 6.07) is 5.56. The van der Waals surface area contributed by atoms with E-state index in [4.69, 9.17) is 9.88 Å². The minimum Gasteiger partial charge on any atom is -0.491 e. The van der Waals surface area contributed by atoms with E-state index < -0.39 is 10.0 Å². The quantitative estimate of drug-likeness (QED) is 0.806. The van der Waals surface area contributed by atoms with E-state index in [0.717, 1.165) is 8.95 Å². The van der Waals surface area contributed by atoms with Gasteiger partial charge in [-0.05, 0) is 50.4 Å². The second-order valence-corrected chi connectivity index (χ2v) is 6.56. The molecule has 0 fully saturated rings. The number of ether oxygens (including phenoxy) is 1. The molecule has 1 aromatic rings. The molecule has 0 aliphatic heterocycles. The van der Waals surface area contributed by atoms with E-state index >= 15 is 0 Å². The zero-order chi connectivity index (χ0) is 12.2. The molecule has 0 bridgehead atoms. The maximum absolute atomic E-state index is 10.7. The summed E-state index contributed by atoms with van der Waals surface area (Å²) in [6.45, 7) is 0.303. The van der Waals surface area contributed by atoms with Crippen LogP contribution in [0.25, 0.3) is 0 Å². The molecule has 0 atom stereocenters. The predicted octanol–water partition coefficient (Wildman–Crippen LogP) is 2.27. The number of benzene rings is 1. The second kappa shape index (κ2) is 6.00. The van der Waals surface area contributed by atoms with Crippen molar-refractivity contribution in [1.29, 1.82) is 0 Å². The third-order valence-electron chi connectivity index (χ3n) is 1.74. The first-order valence-corrected chi connectivity index (χ1v) is 7.77. The van der Waals surface area contributed by atoms with Crippen molar-refractivity contribution in [2.45, 2.75) is 6.42 Å². The lowest BCUT2D eigenvalue weighted by Crippen LogP contribution is -2.18. The summed E-state index contributed by atoms with van der Waals surface area (Å²) in [7, 11) is -3.40. The monoisotopic (exact) mass is 371 g/mol. The molecule has 0 aromatic heterocycles. The highest BCUT2D eigenvalue weighted by Crippen LogP contribution is 2.32. The number of para-hydroxylation sites is 1. The van der Waals surface area contributed by atoms with Crippen LogP contribution < -0.4 is 9.88 Å². The molecule has 4 nitrogen and oxygen atoms in total. The van der Waals surface area contributed by atoms with E-state index in [1.54, 1.807) is 0 Å². The fourth-order valence-electron chi connectivity index (χ4n) is 1.05. The molecular weight excluding hydrogens is 362 g/mol. The number of nitrogens with two attached hydrogens (primary N) is 1. The van der Waals surface area contributed by atoms with Gasteiger partial charge in [0.25, 0.3) is 0 Å². The Morgan fingerprint density at radius 1 is 1.25 bits per heavy atom. The van der Waals surface area contributed by atoms with Crippen LogP contribution in [0.2, 0.25) is 0 Å². The van der Waals surface area contributed by atoms with Crippen LogP contribution in [0.15, 0.2) is 27.1 Å². The number of primary sulfonamides is 1. The SMILES string of the molecule is NS(=O)(=O)CCCOc1c(Br)cccc1Br. The molecule has 1 rings (SSSR count). The van der Waals surface area contributed by atoms with Gasteiger partial charge in [-0.2, -0.15) is 0 Å². The Hall–Kier alpha value is -0.110. The second-order valence-electron chi connectivity index (χ2n) is 3.12. The maximum Gasteiger partial charge on any atom is 0.209 e. The molecule has 2 N–H and O–H groups in total. The van der Waals surface area contributed by atoms with Crippen LogP contribution in [0, 0.1) is 0 Å². The van der Waals surface area contributed by atoms with Crippen LogP contribution in [0.3, 0.4) is 0 Å². The molecule has 0 unspecified atom stereocenters. The molecule has 90 valence electrons. The molecule has 1 aromatic carbocycles. The van der Waals surface area contributed by atoms with E-state index in [1.807, 2.05) is 18.2 Å². The number of rotatable bonds is 5. The fraction of sp³-hybridized carbons (Fsp3) is 0.333. The molecule has 0 spiro atoms. The van der Waals surface area contributed by atoms with E-state index in [1.165, 1.54) is 0 Å². The first-order chi connectivity index (χ1) is 7.40. The summed E-state index contributed by atoms with van der Waals surface area (Å²) < 4.78 is 28.4. The third-order valence-corrected chi connectivity index (χ3v) is 3.85. The number of hydrogen-bond acceptors (Lipinski definition) is 3. The third kappa shape index (κ3) is 4.82. The van der Waals surface area contributed by atoms with Crippen molar-refractivity contribution in [1.82, 2.24) is 0 Å². The van der Waals surface area contributed by atoms with Gasteiger partial charge in [0.05, 0.1) is 21.3 Å². The molecule has 0 heterocycles. The smallest absolute Gasteiger partial charge is 0.209 e. The Kier molecular flexibility index (Phi) is 5.23. The fourth-order valence-corrected chi connectivity index (χ4v) is 2.80. The zero-order valence-corrected chi connectivity index (χ0v) is 12.3. The van der Waals surface area contributed by atoms with Crippen molar-refractivity contribution >= 4 is 41.9 Å². The lowest BCUT2D eigenvalue weighted by Gasteiger charge is -2.09. The van der Waals surface area contributed by atoms with Gasteiger partial charge in [0, 0.05) is 0 Å². The topological polar surface area (TPSA) is 69.4 Å². The molecule has 0 aliphatic carbocycles. The van der Waals surface area contributed by atoms with Crippen molar-refractivity contribution in [2.24, 2.45) is 5.14 Å². The lowest BCUT2D eigenvalue weighted by molar-refractivity contribution is 0.314. The van der Waals surface area contributed by atoms with Gasteiger partial charge in [0.15, 0.2) is 0 Å². The first-order valence-electron chi connectivity index (χ1n) is 4.47. The summed E-state index contributed by atoms with van der Waals surface area (Å²) in [5.74, 6) is 0.589. The van der Waals surface area contributed by atoms with Gasteiger partial charge in [0.2, 0.25) is 10.0 Å². The minimum atomic E-state index is -3.40. The standard InChI is InChI=1S/C9H11Br2NO3S/c10-7-3-1-4-8(11)9(7)15-5-2-6-16(12,13)14/h1,3-4H,2,5-6H2,(H2,12,13,14). The molecule has 0 radical (unpaired) electrons. The van der Waals surface area contributed by atoms with Crippen LogP contribution >= 0.6 is 31.9 Å². The van der Waals surface area contributed by atoms with Crippen LogP contribution in [-0.2, 0) is 10.0 Å². The average molecular weight is 373 g/mol. The van der Waals surface area contributed by atoms with Crippen LogP contribution in [0.4, 0.5) is 0 Å². The van der Waals surface area contributed by atoms with Crippen molar-refractivity contribution in [3.05, 3.63) is 27.1 Å². The summed E-state index contributed by atoms with van der Waals surface area (Å²) >= 11 is 6.68. The molecule has 0 amide bonds. The Morgan fingerprint density at radius 3 is 2.31 bits per heavy atom. The minimum absolute atomic E-state index is 0.0743. The number of halogens is 2. The van der Waals surface area contributed by atoms with Gasteiger partial charge in [-0.25, -0.2) is 13.6 Å². The normalized spacial score (nSPS) is 11.4. The Bertz CT molecular complexity index is 442. The molecule has 16 heavy (non-hydrogen) atoms.